The average Bonchev–Trinajstić information content (AvgIpc) is 3.11. The molecule has 0 unspecified atom stereocenters. The normalized spacial score (nSPS) is 12.8. The van der Waals surface area contributed by atoms with Gasteiger partial charge in [-0.3, -0.25) is 0 Å². The number of aromatic nitrogens is 1. The molecule has 0 amide bonds. The number of rotatable bonds is 5. The molecule has 0 fully saturated rings. The van der Waals surface area contributed by atoms with Gasteiger partial charge in [0, 0.05) is 21.7 Å². The highest BCUT2D eigenvalue weighted by atomic mass is 35.5. The smallest absolute Gasteiger partial charge is 0.239 e. The van der Waals surface area contributed by atoms with Crippen molar-refractivity contribution in [2.45, 2.75) is 22.2 Å². The predicted molar refractivity (Wildman–Crippen MR) is 96.2 cm³/mol. The highest BCUT2D eigenvalue weighted by Gasteiger charge is 2.29. The quantitative estimate of drug-likeness (QED) is 0.616. The molecule has 0 bridgehead atoms. The fraction of sp³-hybridized carbons (Fsp3) is 0.118. The zero-order chi connectivity index (χ0) is 19.8. The van der Waals surface area contributed by atoms with Gasteiger partial charge in [-0.2, -0.15) is 0 Å². The van der Waals surface area contributed by atoms with Gasteiger partial charge in [0.2, 0.25) is 14.2 Å². The van der Waals surface area contributed by atoms with Crippen molar-refractivity contribution < 1.29 is 21.6 Å². The molecule has 1 heterocycles. The molecule has 3 aromatic rings. The maximum atomic E-state index is 14.4. The van der Waals surface area contributed by atoms with Gasteiger partial charge in [0.25, 0.3) is 0 Å². The number of thiazole rings is 1. The van der Waals surface area contributed by atoms with E-state index in [9.17, 15) is 21.6 Å². The van der Waals surface area contributed by atoms with Crippen LogP contribution in [0.1, 0.15) is 18.5 Å². The van der Waals surface area contributed by atoms with Crippen LogP contribution in [0, 0.1) is 23.6 Å². The van der Waals surface area contributed by atoms with Crippen LogP contribution in [0.25, 0.3) is 0 Å². The van der Waals surface area contributed by atoms with E-state index in [1.807, 2.05) is 0 Å². The molecule has 0 saturated heterocycles. The average molecular weight is 432 g/mol. The van der Waals surface area contributed by atoms with Gasteiger partial charge in [0.05, 0.1) is 6.04 Å². The van der Waals surface area contributed by atoms with Gasteiger partial charge in [-0.15, -0.1) is 11.3 Å². The number of halogens is 4. The largest absolute Gasteiger partial charge is 0.378 e. The third-order valence-corrected chi connectivity index (χ3v) is 6.85. The fourth-order valence-electron chi connectivity index (χ4n) is 2.47. The monoisotopic (exact) mass is 431 g/mol. The predicted octanol–water partition coefficient (Wildman–Crippen LogP) is 5.02. The Bertz CT molecular complexity index is 1070. The Morgan fingerprint density at radius 1 is 1.15 bits per heavy atom. The van der Waals surface area contributed by atoms with Crippen LogP contribution in [0.5, 0.6) is 0 Å². The topological polar surface area (TPSA) is 59.1 Å². The number of nitrogens with one attached hydrogen (secondary N) is 1. The van der Waals surface area contributed by atoms with Crippen molar-refractivity contribution in [1.82, 2.24) is 4.98 Å². The van der Waals surface area contributed by atoms with Gasteiger partial charge in [-0.05, 0) is 37.3 Å². The number of hydrogen-bond donors (Lipinski definition) is 1. The van der Waals surface area contributed by atoms with Gasteiger partial charge in [0.1, 0.15) is 28.5 Å². The first-order valence-corrected chi connectivity index (χ1v) is 10.2. The number of nitrogens with zero attached hydrogens (tertiary/aromatic N) is 1. The summed E-state index contributed by atoms with van der Waals surface area (Å²) in [6, 6.07) is 4.91. The van der Waals surface area contributed by atoms with Crippen molar-refractivity contribution in [1.29, 1.82) is 0 Å². The van der Waals surface area contributed by atoms with E-state index in [-0.39, 0.29) is 11.3 Å². The Balaban J connectivity index is 1.95. The minimum absolute atomic E-state index is 0.0541. The molecule has 0 spiro atoms. The summed E-state index contributed by atoms with van der Waals surface area (Å²) in [6.07, 6.45) is 2.30. The summed E-state index contributed by atoms with van der Waals surface area (Å²) in [5, 5.41) is 4.30. The zero-order valence-electron chi connectivity index (χ0n) is 13.6. The molecule has 10 heteroatoms. The van der Waals surface area contributed by atoms with Crippen LogP contribution >= 0.6 is 22.9 Å². The number of hydrogen-bond acceptors (Lipinski definition) is 5. The van der Waals surface area contributed by atoms with Crippen molar-refractivity contribution in [3.05, 3.63) is 69.9 Å². The summed E-state index contributed by atoms with van der Waals surface area (Å²) in [5.74, 6) is -3.11. The van der Waals surface area contributed by atoms with Crippen LogP contribution in [0.3, 0.4) is 0 Å². The summed E-state index contributed by atoms with van der Waals surface area (Å²) < 4.78 is 66.9. The molecule has 27 heavy (non-hydrogen) atoms. The van der Waals surface area contributed by atoms with Crippen LogP contribution < -0.4 is 5.32 Å². The summed E-state index contributed by atoms with van der Waals surface area (Å²) in [7, 11) is -4.45. The molecule has 0 saturated carbocycles. The standard InChI is InChI=1S/C17H11ClF3N2O2S2/c1-9(12-6-10(18)2-3-13(12)19)23-11-7-14(20)16(15(21)8-11)27(24,25)17-22-4-5-26-17/h2-3,5-9,23H,1H3/t9-/m0/s1. The van der Waals surface area contributed by atoms with Gasteiger partial charge in [-0.25, -0.2) is 26.6 Å². The van der Waals surface area contributed by atoms with Crippen LogP contribution in [0.2, 0.25) is 5.02 Å². The first-order chi connectivity index (χ1) is 12.7. The fourth-order valence-corrected chi connectivity index (χ4v) is 4.84. The van der Waals surface area contributed by atoms with Crippen LogP contribution in [0.15, 0.2) is 44.9 Å². The molecule has 0 aliphatic heterocycles. The molecule has 0 aliphatic carbocycles. The molecule has 1 N–H and O–H groups in total. The lowest BCUT2D eigenvalue weighted by Gasteiger charge is -2.17. The molecule has 1 atom stereocenters. The van der Waals surface area contributed by atoms with Crippen molar-refractivity contribution in [2.24, 2.45) is 0 Å². The Morgan fingerprint density at radius 2 is 1.81 bits per heavy atom. The van der Waals surface area contributed by atoms with Gasteiger partial charge >= 0.3 is 0 Å². The number of benzene rings is 2. The summed E-state index contributed by atoms with van der Waals surface area (Å²) >= 11 is 6.54. The lowest BCUT2D eigenvalue weighted by Crippen LogP contribution is -2.12. The second kappa shape index (κ2) is 7.49. The van der Waals surface area contributed by atoms with Crippen LogP contribution in [-0.4, -0.2) is 13.4 Å². The SMILES string of the molecule is C[C@H](Nc1cc(F)c(S(=O)(=O)c2n[c]cs2)c(F)c1)c1cc(Cl)ccc1F. The van der Waals surface area contributed by atoms with Crippen LogP contribution in [-0.2, 0) is 9.84 Å². The Hall–Kier alpha value is -2.10. The first kappa shape index (κ1) is 19.7. The molecule has 1 radical (unpaired) electrons. The second-order valence-corrected chi connectivity index (χ2v) is 8.90. The van der Waals surface area contributed by atoms with E-state index in [2.05, 4.69) is 16.5 Å². The molecule has 1 aromatic heterocycles. The van der Waals surface area contributed by atoms with E-state index >= 15 is 0 Å². The van der Waals surface area contributed by atoms with Gasteiger partial charge < -0.3 is 5.32 Å². The summed E-state index contributed by atoms with van der Waals surface area (Å²) in [6.45, 7) is 1.57. The van der Waals surface area contributed by atoms with E-state index in [1.54, 1.807) is 6.92 Å². The first-order valence-electron chi connectivity index (χ1n) is 7.47. The van der Waals surface area contributed by atoms with Crippen molar-refractivity contribution in [3.8, 4) is 0 Å². The molecule has 4 nitrogen and oxygen atoms in total. The summed E-state index contributed by atoms with van der Waals surface area (Å²) in [5.41, 5.74) is 0.139. The number of sulfone groups is 1. The van der Waals surface area contributed by atoms with E-state index in [0.717, 1.165) is 12.1 Å². The van der Waals surface area contributed by atoms with Gasteiger partial charge in [0.15, 0.2) is 0 Å². The molecule has 0 aliphatic rings. The van der Waals surface area contributed by atoms with Crippen molar-refractivity contribution in [3.63, 3.8) is 0 Å². The third kappa shape index (κ3) is 3.95. The number of anilines is 1. The molecular weight excluding hydrogens is 421 g/mol. The Labute approximate surface area is 162 Å². The van der Waals surface area contributed by atoms with Crippen LogP contribution in [0.4, 0.5) is 18.9 Å². The molecule has 141 valence electrons. The summed E-state index contributed by atoms with van der Waals surface area (Å²) in [4.78, 5) is 2.38. The zero-order valence-corrected chi connectivity index (χ0v) is 16.0. The Morgan fingerprint density at radius 3 is 2.41 bits per heavy atom. The molecule has 2 aromatic carbocycles. The van der Waals surface area contributed by atoms with E-state index in [0.29, 0.717) is 16.4 Å². The highest BCUT2D eigenvalue weighted by Crippen LogP contribution is 2.31. The molecular formula is C17H11ClF3N2O2S2. The maximum Gasteiger partial charge on any atom is 0.239 e. The minimum atomic E-state index is -4.45. The maximum absolute atomic E-state index is 14.4. The molecule has 3 rings (SSSR count). The lowest BCUT2D eigenvalue weighted by molar-refractivity contribution is 0.519. The van der Waals surface area contributed by atoms with Crippen molar-refractivity contribution >= 4 is 38.5 Å². The van der Waals surface area contributed by atoms with Crippen molar-refractivity contribution in [2.75, 3.05) is 5.32 Å². The van der Waals surface area contributed by atoms with Gasteiger partial charge in [-0.1, -0.05) is 11.6 Å². The highest BCUT2D eigenvalue weighted by molar-refractivity contribution is 7.93. The Kier molecular flexibility index (Phi) is 5.45. The van der Waals surface area contributed by atoms with E-state index < -0.39 is 42.6 Å². The third-order valence-electron chi connectivity index (χ3n) is 3.67. The van der Waals surface area contributed by atoms with E-state index in [1.165, 1.54) is 23.6 Å². The van der Waals surface area contributed by atoms with E-state index in [4.69, 9.17) is 11.6 Å². The minimum Gasteiger partial charge on any atom is -0.378 e. The second-order valence-electron chi connectivity index (χ2n) is 5.55. The lowest BCUT2D eigenvalue weighted by atomic mass is 10.1.